The Morgan fingerprint density at radius 3 is 1.92 bits per heavy atom. The predicted octanol–water partition coefficient (Wildman–Crippen LogP) is -0.819. The second kappa shape index (κ2) is 4.67. The third kappa shape index (κ3) is 5.62. The summed E-state index contributed by atoms with van der Waals surface area (Å²) in [7, 11) is -4.14. The molecule has 0 amide bonds. The van der Waals surface area contributed by atoms with E-state index < -0.39 is 16.0 Å². The summed E-state index contributed by atoms with van der Waals surface area (Å²) >= 11 is 0. The van der Waals surface area contributed by atoms with Gasteiger partial charge in [0, 0.05) is 0 Å². The Labute approximate surface area is 70.4 Å². The average Bonchev–Trinajstić information content (AvgIpc) is 1.84. The van der Waals surface area contributed by atoms with Crippen LogP contribution in [0.15, 0.2) is 0 Å². The lowest BCUT2D eigenvalue weighted by Gasteiger charge is -2.11. The first-order valence-corrected chi connectivity index (χ1v) is 4.52. The monoisotopic (exact) mass is 189 g/mol. The lowest BCUT2D eigenvalue weighted by Crippen LogP contribution is -2.30. The standard InChI is InChI=1S/C5H7N3O3S/c6-1-3-8(4-2-7)5-12(9,10)11/h3-5H2,(H,9,10,11). The first-order chi connectivity index (χ1) is 5.49. The molecule has 0 fully saturated rings. The molecule has 0 aromatic heterocycles. The molecular weight excluding hydrogens is 182 g/mol. The van der Waals surface area contributed by atoms with Gasteiger partial charge in [0.1, 0.15) is 5.88 Å². The van der Waals surface area contributed by atoms with Gasteiger partial charge in [0.25, 0.3) is 10.1 Å². The van der Waals surface area contributed by atoms with Crippen LogP contribution in [0.25, 0.3) is 0 Å². The first-order valence-electron chi connectivity index (χ1n) is 2.91. The smallest absolute Gasteiger partial charge is 0.278 e. The van der Waals surface area contributed by atoms with Gasteiger partial charge in [0.15, 0.2) is 0 Å². The second-order valence-electron chi connectivity index (χ2n) is 2.01. The number of hydrogen-bond acceptors (Lipinski definition) is 5. The molecule has 0 atom stereocenters. The average molecular weight is 189 g/mol. The van der Waals surface area contributed by atoms with Crippen LogP contribution in [0.3, 0.4) is 0 Å². The molecule has 0 unspecified atom stereocenters. The molecule has 12 heavy (non-hydrogen) atoms. The number of nitriles is 2. The molecule has 0 aliphatic rings. The molecule has 0 saturated carbocycles. The van der Waals surface area contributed by atoms with Crippen molar-refractivity contribution in [3.05, 3.63) is 0 Å². The molecule has 0 aromatic rings. The lowest BCUT2D eigenvalue weighted by atomic mass is 10.6. The van der Waals surface area contributed by atoms with E-state index in [4.69, 9.17) is 15.1 Å². The molecule has 0 bridgehead atoms. The van der Waals surface area contributed by atoms with Crippen molar-refractivity contribution in [2.45, 2.75) is 0 Å². The molecule has 7 heteroatoms. The van der Waals surface area contributed by atoms with Crippen LogP contribution in [0.4, 0.5) is 0 Å². The third-order valence-corrected chi connectivity index (χ3v) is 1.63. The highest BCUT2D eigenvalue weighted by atomic mass is 32.2. The van der Waals surface area contributed by atoms with Gasteiger partial charge in [0.05, 0.1) is 25.2 Å². The zero-order valence-electron chi connectivity index (χ0n) is 6.13. The molecule has 0 heterocycles. The Morgan fingerprint density at radius 1 is 1.25 bits per heavy atom. The highest BCUT2D eigenvalue weighted by Crippen LogP contribution is 1.91. The maximum Gasteiger partial charge on any atom is 0.278 e. The van der Waals surface area contributed by atoms with Crippen molar-refractivity contribution < 1.29 is 13.0 Å². The normalized spacial score (nSPS) is 10.7. The summed E-state index contributed by atoms with van der Waals surface area (Å²) in [6.45, 7) is -0.402. The molecule has 1 N–H and O–H groups in total. The van der Waals surface area contributed by atoms with Crippen molar-refractivity contribution >= 4 is 10.1 Å². The van der Waals surface area contributed by atoms with Gasteiger partial charge in [-0.05, 0) is 0 Å². The number of rotatable bonds is 4. The fourth-order valence-corrected chi connectivity index (χ4v) is 1.22. The van der Waals surface area contributed by atoms with E-state index in [-0.39, 0.29) is 13.1 Å². The molecule has 66 valence electrons. The molecule has 0 aliphatic carbocycles. The third-order valence-electron chi connectivity index (χ3n) is 0.934. The number of hydrogen-bond donors (Lipinski definition) is 1. The first kappa shape index (κ1) is 10.8. The highest BCUT2D eigenvalue weighted by Gasteiger charge is 2.12. The predicted molar refractivity (Wildman–Crippen MR) is 39.2 cm³/mol. The van der Waals surface area contributed by atoms with Gasteiger partial charge in [-0.2, -0.15) is 18.9 Å². The number of nitrogens with zero attached hydrogens (tertiary/aromatic N) is 3. The lowest BCUT2D eigenvalue weighted by molar-refractivity contribution is 0.369. The minimum atomic E-state index is -4.14. The molecule has 0 aromatic carbocycles. The molecule has 0 aliphatic heterocycles. The molecule has 0 rings (SSSR count). The Kier molecular flexibility index (Phi) is 4.22. The summed E-state index contributed by atoms with van der Waals surface area (Å²) in [5.41, 5.74) is 0. The van der Waals surface area contributed by atoms with Gasteiger partial charge in [-0.3, -0.25) is 9.45 Å². The zero-order valence-corrected chi connectivity index (χ0v) is 6.95. The summed E-state index contributed by atoms with van der Waals surface area (Å²) in [5, 5.41) is 16.4. The maximum absolute atomic E-state index is 10.3. The van der Waals surface area contributed by atoms with Crippen LogP contribution in [-0.4, -0.2) is 36.8 Å². The summed E-state index contributed by atoms with van der Waals surface area (Å²) in [6, 6.07) is 3.35. The van der Waals surface area contributed by atoms with Crippen LogP contribution < -0.4 is 0 Å². The fourth-order valence-electron chi connectivity index (χ4n) is 0.578. The van der Waals surface area contributed by atoms with Crippen molar-refractivity contribution in [3.63, 3.8) is 0 Å². The van der Waals surface area contributed by atoms with E-state index in [1.165, 1.54) is 0 Å². The van der Waals surface area contributed by atoms with E-state index in [0.29, 0.717) is 0 Å². The van der Waals surface area contributed by atoms with Gasteiger partial charge in [-0.25, -0.2) is 0 Å². The molecule has 0 spiro atoms. The van der Waals surface area contributed by atoms with Crippen LogP contribution >= 0.6 is 0 Å². The van der Waals surface area contributed by atoms with Crippen LogP contribution in [0.2, 0.25) is 0 Å². The Morgan fingerprint density at radius 2 is 1.67 bits per heavy atom. The van der Waals surface area contributed by atoms with Gasteiger partial charge in [-0.15, -0.1) is 0 Å². The molecule has 0 saturated heterocycles. The van der Waals surface area contributed by atoms with Crippen molar-refractivity contribution in [1.82, 2.24) is 4.90 Å². The summed E-state index contributed by atoms with van der Waals surface area (Å²) in [4.78, 5) is 1.01. The van der Waals surface area contributed by atoms with Crippen molar-refractivity contribution in [1.29, 1.82) is 10.5 Å². The van der Waals surface area contributed by atoms with E-state index in [9.17, 15) is 8.42 Å². The minimum Gasteiger partial charge on any atom is -0.285 e. The van der Waals surface area contributed by atoms with Crippen LogP contribution in [-0.2, 0) is 10.1 Å². The Bertz CT molecular complexity index is 294. The maximum atomic E-state index is 10.3. The Balaban J connectivity index is 4.18. The van der Waals surface area contributed by atoms with Gasteiger partial charge in [-0.1, -0.05) is 0 Å². The minimum absolute atomic E-state index is 0.201. The zero-order chi connectivity index (χ0) is 9.61. The van der Waals surface area contributed by atoms with Gasteiger partial charge >= 0.3 is 0 Å². The van der Waals surface area contributed by atoms with Crippen molar-refractivity contribution in [2.24, 2.45) is 0 Å². The Hall–Kier alpha value is -1.15. The van der Waals surface area contributed by atoms with Crippen molar-refractivity contribution in [3.8, 4) is 12.1 Å². The molecule has 6 nitrogen and oxygen atoms in total. The summed E-state index contributed by atoms with van der Waals surface area (Å²) in [6.07, 6.45) is 0. The quantitative estimate of drug-likeness (QED) is 0.457. The molecular formula is C5H7N3O3S. The summed E-state index contributed by atoms with van der Waals surface area (Å²) < 4.78 is 28.9. The van der Waals surface area contributed by atoms with Crippen LogP contribution in [0.5, 0.6) is 0 Å². The van der Waals surface area contributed by atoms with Crippen LogP contribution in [0.1, 0.15) is 0 Å². The van der Waals surface area contributed by atoms with Crippen molar-refractivity contribution in [2.75, 3.05) is 19.0 Å². The van der Waals surface area contributed by atoms with E-state index in [2.05, 4.69) is 0 Å². The van der Waals surface area contributed by atoms with Gasteiger partial charge < -0.3 is 0 Å². The fraction of sp³-hybridized carbons (Fsp3) is 0.600. The van der Waals surface area contributed by atoms with E-state index in [0.717, 1.165) is 4.90 Å². The van der Waals surface area contributed by atoms with E-state index in [1.807, 2.05) is 0 Å². The van der Waals surface area contributed by atoms with E-state index in [1.54, 1.807) is 12.1 Å². The molecule has 0 radical (unpaired) electrons. The largest absolute Gasteiger partial charge is 0.285 e. The van der Waals surface area contributed by atoms with Crippen LogP contribution in [0, 0.1) is 22.7 Å². The SMILES string of the molecule is N#CCN(CC#N)CS(=O)(=O)O. The second-order valence-corrected chi connectivity index (χ2v) is 3.44. The van der Waals surface area contributed by atoms with Gasteiger partial charge in [0.2, 0.25) is 0 Å². The van der Waals surface area contributed by atoms with E-state index >= 15 is 0 Å². The summed E-state index contributed by atoms with van der Waals surface area (Å²) in [5.74, 6) is -0.686. The topological polar surface area (TPSA) is 105 Å². The highest BCUT2D eigenvalue weighted by molar-refractivity contribution is 7.85.